The SMILES string of the molecule is O=C(CCCc1nc2ccccc2c(=O)[nH]1)Nc1nc(-c2ccc(F)c(Cl)c2)cs1. The molecule has 30 heavy (non-hydrogen) atoms. The number of hydrogen-bond acceptors (Lipinski definition) is 5. The summed E-state index contributed by atoms with van der Waals surface area (Å²) in [5.74, 6) is -0.126. The van der Waals surface area contributed by atoms with Crippen molar-refractivity contribution in [3.05, 3.63) is 74.9 Å². The lowest BCUT2D eigenvalue weighted by molar-refractivity contribution is -0.116. The van der Waals surface area contributed by atoms with E-state index in [0.717, 1.165) is 0 Å². The van der Waals surface area contributed by atoms with Crippen molar-refractivity contribution in [2.45, 2.75) is 19.3 Å². The second-order valence-electron chi connectivity index (χ2n) is 6.60. The van der Waals surface area contributed by atoms with Crippen LogP contribution in [0.1, 0.15) is 18.7 Å². The number of hydrogen-bond donors (Lipinski definition) is 2. The number of carbonyl (C=O) groups is 1. The number of aryl methyl sites for hydroxylation is 1. The normalized spacial score (nSPS) is 11.0. The lowest BCUT2D eigenvalue weighted by Gasteiger charge is -2.04. The first-order valence-electron chi connectivity index (χ1n) is 9.18. The van der Waals surface area contributed by atoms with Crippen molar-refractivity contribution in [2.24, 2.45) is 0 Å². The molecular formula is C21H16ClFN4O2S. The van der Waals surface area contributed by atoms with Crippen LogP contribution in [0.15, 0.2) is 52.6 Å². The Hall–Kier alpha value is -3.10. The Morgan fingerprint density at radius 3 is 2.87 bits per heavy atom. The molecule has 152 valence electrons. The molecule has 4 aromatic rings. The molecule has 0 fully saturated rings. The molecule has 0 bridgehead atoms. The van der Waals surface area contributed by atoms with Gasteiger partial charge in [-0.1, -0.05) is 23.7 Å². The van der Waals surface area contributed by atoms with Crippen molar-refractivity contribution in [3.63, 3.8) is 0 Å². The van der Waals surface area contributed by atoms with Crippen LogP contribution in [-0.4, -0.2) is 20.9 Å². The van der Waals surface area contributed by atoms with Gasteiger partial charge in [0.1, 0.15) is 11.6 Å². The van der Waals surface area contributed by atoms with Crippen molar-refractivity contribution < 1.29 is 9.18 Å². The van der Waals surface area contributed by atoms with Crippen molar-refractivity contribution >= 4 is 44.9 Å². The number of carbonyl (C=O) groups excluding carboxylic acids is 1. The number of nitrogens with zero attached hydrogens (tertiary/aromatic N) is 2. The van der Waals surface area contributed by atoms with Crippen LogP contribution in [0, 0.1) is 5.82 Å². The number of nitrogens with one attached hydrogen (secondary N) is 2. The molecule has 1 amide bonds. The number of halogens is 2. The fourth-order valence-electron chi connectivity index (χ4n) is 2.97. The van der Waals surface area contributed by atoms with Crippen molar-refractivity contribution in [1.29, 1.82) is 0 Å². The molecule has 0 aliphatic carbocycles. The average Bonchev–Trinajstić information content (AvgIpc) is 3.18. The van der Waals surface area contributed by atoms with Gasteiger partial charge in [0, 0.05) is 23.8 Å². The number of benzene rings is 2. The summed E-state index contributed by atoms with van der Waals surface area (Å²) < 4.78 is 13.3. The summed E-state index contributed by atoms with van der Waals surface area (Å²) in [6.45, 7) is 0. The molecule has 0 saturated heterocycles. The van der Waals surface area contributed by atoms with E-state index < -0.39 is 5.82 Å². The third kappa shape index (κ3) is 4.55. The standard InChI is InChI=1S/C21H16ClFN4O2S/c22-14-10-12(8-9-15(14)23)17-11-30-21(25-17)27-19(28)7-3-6-18-24-16-5-2-1-4-13(16)20(29)26-18/h1-2,4-5,8-11H,3,6-7H2,(H,24,26,29)(H,25,27,28). The molecule has 0 aliphatic rings. The Morgan fingerprint density at radius 2 is 2.03 bits per heavy atom. The number of thiazole rings is 1. The van der Waals surface area contributed by atoms with E-state index in [1.807, 2.05) is 6.07 Å². The zero-order chi connectivity index (χ0) is 21.1. The molecule has 2 N–H and O–H groups in total. The van der Waals surface area contributed by atoms with Crippen molar-refractivity contribution in [3.8, 4) is 11.3 Å². The van der Waals surface area contributed by atoms with Gasteiger partial charge in [-0.05, 0) is 36.8 Å². The molecule has 2 aromatic carbocycles. The van der Waals surface area contributed by atoms with Crippen LogP contribution < -0.4 is 10.9 Å². The highest BCUT2D eigenvalue weighted by molar-refractivity contribution is 7.14. The van der Waals surface area contributed by atoms with Gasteiger partial charge >= 0.3 is 0 Å². The molecule has 0 saturated carbocycles. The molecule has 0 atom stereocenters. The number of rotatable bonds is 6. The Balaban J connectivity index is 1.34. The predicted molar refractivity (Wildman–Crippen MR) is 116 cm³/mol. The van der Waals surface area contributed by atoms with E-state index in [4.69, 9.17) is 11.6 Å². The number of para-hydroxylation sites is 1. The van der Waals surface area contributed by atoms with Gasteiger partial charge in [-0.25, -0.2) is 14.4 Å². The van der Waals surface area contributed by atoms with Crippen LogP contribution in [0.2, 0.25) is 5.02 Å². The highest BCUT2D eigenvalue weighted by Crippen LogP contribution is 2.28. The third-order valence-corrected chi connectivity index (χ3v) is 5.49. The predicted octanol–water partition coefficient (Wildman–Crippen LogP) is 4.80. The summed E-state index contributed by atoms with van der Waals surface area (Å²) in [5, 5.41) is 5.54. The monoisotopic (exact) mass is 442 g/mol. The Morgan fingerprint density at radius 1 is 1.20 bits per heavy atom. The maximum Gasteiger partial charge on any atom is 0.258 e. The highest BCUT2D eigenvalue weighted by Gasteiger charge is 2.10. The van der Waals surface area contributed by atoms with Crippen LogP contribution >= 0.6 is 22.9 Å². The van der Waals surface area contributed by atoms with E-state index >= 15 is 0 Å². The summed E-state index contributed by atoms with van der Waals surface area (Å²) in [7, 11) is 0. The fourth-order valence-corrected chi connectivity index (χ4v) is 3.89. The Labute approximate surface area is 179 Å². The van der Waals surface area contributed by atoms with Crippen LogP contribution in [0.5, 0.6) is 0 Å². The zero-order valence-electron chi connectivity index (χ0n) is 15.6. The molecule has 9 heteroatoms. The first kappa shape index (κ1) is 20.2. The first-order chi connectivity index (χ1) is 14.5. The smallest absolute Gasteiger partial charge is 0.258 e. The van der Waals surface area contributed by atoms with Crippen LogP contribution in [0.4, 0.5) is 9.52 Å². The molecule has 0 aliphatic heterocycles. The van der Waals surface area contributed by atoms with Gasteiger partial charge in [-0.15, -0.1) is 11.3 Å². The van der Waals surface area contributed by atoms with Gasteiger partial charge in [0.25, 0.3) is 5.56 Å². The third-order valence-electron chi connectivity index (χ3n) is 4.45. The van der Waals surface area contributed by atoms with E-state index in [-0.39, 0.29) is 22.9 Å². The molecule has 6 nitrogen and oxygen atoms in total. The minimum absolute atomic E-state index is 0.0198. The Kier molecular flexibility index (Phi) is 5.87. The molecule has 2 aromatic heterocycles. The maximum atomic E-state index is 13.3. The fraction of sp³-hybridized carbons (Fsp3) is 0.143. The number of fused-ring (bicyclic) bond motifs is 1. The topological polar surface area (TPSA) is 87.7 Å². The quantitative estimate of drug-likeness (QED) is 0.449. The van der Waals surface area contributed by atoms with E-state index in [0.29, 0.717) is 46.0 Å². The number of aromatic nitrogens is 3. The minimum Gasteiger partial charge on any atom is -0.310 e. The molecule has 0 unspecified atom stereocenters. The lowest BCUT2D eigenvalue weighted by Crippen LogP contribution is -2.14. The van der Waals surface area contributed by atoms with Gasteiger partial charge in [-0.3, -0.25) is 9.59 Å². The van der Waals surface area contributed by atoms with Crippen LogP contribution in [0.3, 0.4) is 0 Å². The van der Waals surface area contributed by atoms with Crippen LogP contribution in [0.25, 0.3) is 22.2 Å². The summed E-state index contributed by atoms with van der Waals surface area (Å²) in [5.41, 5.74) is 1.73. The summed E-state index contributed by atoms with van der Waals surface area (Å²) >= 11 is 7.08. The van der Waals surface area contributed by atoms with Crippen LogP contribution in [-0.2, 0) is 11.2 Å². The first-order valence-corrected chi connectivity index (χ1v) is 10.4. The number of H-pyrrole nitrogens is 1. The van der Waals surface area contributed by atoms with Crippen molar-refractivity contribution in [2.75, 3.05) is 5.32 Å². The molecule has 2 heterocycles. The van der Waals surface area contributed by atoms with Gasteiger partial charge < -0.3 is 10.3 Å². The van der Waals surface area contributed by atoms with E-state index in [2.05, 4.69) is 20.3 Å². The Bertz CT molecular complexity index is 1290. The van der Waals surface area contributed by atoms with Gasteiger partial charge in [0.05, 0.1) is 21.6 Å². The van der Waals surface area contributed by atoms with E-state index in [1.165, 1.54) is 23.5 Å². The van der Waals surface area contributed by atoms with Gasteiger partial charge in [0.15, 0.2) is 5.13 Å². The summed E-state index contributed by atoms with van der Waals surface area (Å²) in [6.07, 6.45) is 1.26. The average molecular weight is 443 g/mol. The number of amides is 1. The van der Waals surface area contributed by atoms with Gasteiger partial charge in [-0.2, -0.15) is 0 Å². The highest BCUT2D eigenvalue weighted by atomic mass is 35.5. The number of anilines is 1. The second-order valence-corrected chi connectivity index (χ2v) is 7.86. The molecule has 0 spiro atoms. The van der Waals surface area contributed by atoms with E-state index in [9.17, 15) is 14.0 Å². The maximum absolute atomic E-state index is 13.3. The molecule has 0 radical (unpaired) electrons. The van der Waals surface area contributed by atoms with E-state index in [1.54, 1.807) is 29.6 Å². The molecule has 4 rings (SSSR count). The zero-order valence-corrected chi connectivity index (χ0v) is 17.2. The largest absolute Gasteiger partial charge is 0.310 e. The summed E-state index contributed by atoms with van der Waals surface area (Å²) in [4.78, 5) is 35.8. The second kappa shape index (κ2) is 8.73. The number of aromatic amines is 1. The lowest BCUT2D eigenvalue weighted by atomic mass is 10.2. The van der Waals surface area contributed by atoms with Gasteiger partial charge in [0.2, 0.25) is 5.91 Å². The summed E-state index contributed by atoms with van der Waals surface area (Å²) in [6, 6.07) is 11.5. The minimum atomic E-state index is -0.494. The molecular weight excluding hydrogens is 427 g/mol. The van der Waals surface area contributed by atoms with Crippen molar-refractivity contribution in [1.82, 2.24) is 15.0 Å².